The van der Waals surface area contributed by atoms with E-state index in [0.29, 0.717) is 11.8 Å². The summed E-state index contributed by atoms with van der Waals surface area (Å²) in [5.41, 5.74) is 0. The molecular formula is C28H40O2Si. The second-order valence-corrected chi connectivity index (χ2v) is 14.3. The summed E-state index contributed by atoms with van der Waals surface area (Å²) in [6, 6.07) is 21.7. The van der Waals surface area contributed by atoms with Crippen LogP contribution in [0.15, 0.2) is 60.7 Å². The molecule has 0 aliphatic rings. The average molecular weight is 437 g/mol. The lowest BCUT2D eigenvalue weighted by molar-refractivity contribution is 0.224. The Morgan fingerprint density at radius 3 is 1.84 bits per heavy atom. The Labute approximate surface area is 191 Å². The van der Waals surface area contributed by atoms with Gasteiger partial charge in [-0.15, -0.1) is 5.92 Å². The van der Waals surface area contributed by atoms with Crippen LogP contribution in [-0.4, -0.2) is 26.6 Å². The van der Waals surface area contributed by atoms with E-state index in [1.54, 1.807) is 0 Å². The molecule has 2 rings (SSSR count). The maximum Gasteiger partial charge on any atom is 0.261 e. The van der Waals surface area contributed by atoms with Crippen molar-refractivity contribution in [1.82, 2.24) is 0 Å². The lowest BCUT2D eigenvalue weighted by Gasteiger charge is -2.43. The minimum Gasteiger partial charge on any atom is -0.407 e. The first-order chi connectivity index (χ1) is 14.7. The van der Waals surface area contributed by atoms with Crippen molar-refractivity contribution in [3.8, 4) is 11.8 Å². The van der Waals surface area contributed by atoms with Gasteiger partial charge in [-0.1, -0.05) is 101 Å². The molecular weight excluding hydrogens is 396 g/mol. The van der Waals surface area contributed by atoms with Crippen LogP contribution in [0.3, 0.4) is 0 Å². The fourth-order valence-corrected chi connectivity index (χ4v) is 9.01. The monoisotopic (exact) mass is 436 g/mol. The molecule has 0 amide bonds. The molecule has 0 fully saturated rings. The highest BCUT2D eigenvalue weighted by Gasteiger charge is 2.50. The Bertz CT molecular complexity index is 791. The number of rotatable bonds is 9. The molecule has 0 spiro atoms. The lowest BCUT2D eigenvalue weighted by atomic mass is 9.95. The molecule has 2 nitrogen and oxygen atoms in total. The molecule has 0 radical (unpaired) electrons. The summed E-state index contributed by atoms with van der Waals surface area (Å²) in [5.74, 6) is 7.40. The van der Waals surface area contributed by atoms with Gasteiger partial charge in [0, 0.05) is 18.9 Å². The smallest absolute Gasteiger partial charge is 0.261 e. The Balaban J connectivity index is 2.22. The van der Waals surface area contributed by atoms with Crippen LogP contribution in [0, 0.1) is 29.6 Å². The number of hydrogen-bond acceptors (Lipinski definition) is 2. The Morgan fingerprint density at radius 1 is 0.871 bits per heavy atom. The molecule has 0 aliphatic heterocycles. The first-order valence-corrected chi connectivity index (χ1v) is 13.5. The molecule has 31 heavy (non-hydrogen) atoms. The Hall–Kier alpha value is -1.86. The molecule has 2 aromatic rings. The van der Waals surface area contributed by atoms with Crippen LogP contribution in [-0.2, 0) is 4.43 Å². The van der Waals surface area contributed by atoms with Crippen molar-refractivity contribution >= 4 is 18.7 Å². The number of aliphatic hydroxyl groups is 1. The molecule has 0 aromatic heterocycles. The second kappa shape index (κ2) is 11.7. The molecule has 3 atom stereocenters. The Kier molecular flexibility index (Phi) is 9.56. The highest BCUT2D eigenvalue weighted by atomic mass is 28.4. The molecule has 0 saturated heterocycles. The maximum atomic E-state index is 9.13. The summed E-state index contributed by atoms with van der Waals surface area (Å²) in [7, 11) is -2.46. The van der Waals surface area contributed by atoms with Gasteiger partial charge in [0.05, 0.1) is 6.61 Å². The molecule has 168 valence electrons. The zero-order valence-corrected chi connectivity index (χ0v) is 21.2. The van der Waals surface area contributed by atoms with Crippen molar-refractivity contribution in [3.05, 3.63) is 60.7 Å². The molecule has 3 heteroatoms. The number of aliphatic hydroxyl groups excluding tert-OH is 1. The minimum absolute atomic E-state index is 0.00690. The quantitative estimate of drug-likeness (QED) is 0.430. The van der Waals surface area contributed by atoms with E-state index in [0.717, 1.165) is 19.4 Å². The molecule has 2 aromatic carbocycles. The largest absolute Gasteiger partial charge is 0.407 e. The highest BCUT2D eigenvalue weighted by Crippen LogP contribution is 2.37. The van der Waals surface area contributed by atoms with Gasteiger partial charge in [0.15, 0.2) is 0 Å². The summed E-state index contributed by atoms with van der Waals surface area (Å²) >= 11 is 0. The number of hydrogen-bond donors (Lipinski definition) is 1. The van der Waals surface area contributed by atoms with Crippen LogP contribution < -0.4 is 10.4 Å². The van der Waals surface area contributed by atoms with Crippen LogP contribution in [0.5, 0.6) is 0 Å². The van der Waals surface area contributed by atoms with E-state index in [9.17, 15) is 0 Å². The molecule has 1 N–H and O–H groups in total. The van der Waals surface area contributed by atoms with Crippen LogP contribution in [0.25, 0.3) is 0 Å². The number of benzene rings is 2. The van der Waals surface area contributed by atoms with Gasteiger partial charge in [0.25, 0.3) is 8.32 Å². The average Bonchev–Trinajstić information content (AvgIpc) is 2.74. The SMILES string of the molecule is C[C@H](CO[Si](c1ccccc1)(c1ccccc1)C(C)(C)C)C[C@@H](C)CC#C[C@H](C)CO. The highest BCUT2D eigenvalue weighted by molar-refractivity contribution is 6.99. The van der Waals surface area contributed by atoms with Gasteiger partial charge in [0.2, 0.25) is 0 Å². The van der Waals surface area contributed by atoms with Gasteiger partial charge in [-0.2, -0.15) is 0 Å². The van der Waals surface area contributed by atoms with Crippen LogP contribution >= 0.6 is 0 Å². The van der Waals surface area contributed by atoms with Gasteiger partial charge in [-0.05, 0) is 40.6 Å². The third-order valence-corrected chi connectivity index (χ3v) is 10.9. The van der Waals surface area contributed by atoms with Crippen molar-refractivity contribution in [2.45, 2.75) is 59.4 Å². The zero-order chi connectivity index (χ0) is 22.9. The van der Waals surface area contributed by atoms with Crippen LogP contribution in [0.4, 0.5) is 0 Å². The van der Waals surface area contributed by atoms with Crippen LogP contribution in [0.1, 0.15) is 54.4 Å². The summed E-state index contributed by atoms with van der Waals surface area (Å²) < 4.78 is 7.06. The van der Waals surface area contributed by atoms with E-state index >= 15 is 0 Å². The minimum atomic E-state index is -2.46. The predicted molar refractivity (Wildman–Crippen MR) is 135 cm³/mol. The van der Waals surface area contributed by atoms with Crippen molar-refractivity contribution in [1.29, 1.82) is 0 Å². The van der Waals surface area contributed by atoms with E-state index in [1.165, 1.54) is 10.4 Å². The summed E-state index contributed by atoms with van der Waals surface area (Å²) in [6.07, 6.45) is 1.95. The Morgan fingerprint density at radius 2 is 1.39 bits per heavy atom. The second-order valence-electron chi connectivity index (χ2n) is 10.0. The first kappa shape index (κ1) is 25.4. The van der Waals surface area contributed by atoms with E-state index in [2.05, 4.69) is 107 Å². The van der Waals surface area contributed by atoms with E-state index < -0.39 is 8.32 Å². The summed E-state index contributed by atoms with van der Waals surface area (Å²) in [6.45, 7) is 14.4. The van der Waals surface area contributed by atoms with Gasteiger partial charge in [-0.25, -0.2) is 0 Å². The third-order valence-electron chi connectivity index (χ3n) is 5.88. The molecule has 0 unspecified atom stereocenters. The zero-order valence-electron chi connectivity index (χ0n) is 20.2. The summed E-state index contributed by atoms with van der Waals surface area (Å²) in [4.78, 5) is 0. The normalized spacial score (nSPS) is 14.9. The lowest BCUT2D eigenvalue weighted by Crippen LogP contribution is -2.66. The maximum absolute atomic E-state index is 9.13. The molecule has 0 aliphatic carbocycles. The van der Waals surface area contributed by atoms with Crippen molar-refractivity contribution in [2.24, 2.45) is 17.8 Å². The summed E-state index contributed by atoms with van der Waals surface area (Å²) in [5, 5.41) is 11.8. The molecule has 0 bridgehead atoms. The van der Waals surface area contributed by atoms with E-state index in [-0.39, 0.29) is 17.6 Å². The van der Waals surface area contributed by atoms with Crippen molar-refractivity contribution < 1.29 is 9.53 Å². The van der Waals surface area contributed by atoms with E-state index in [4.69, 9.17) is 9.53 Å². The topological polar surface area (TPSA) is 29.5 Å². The predicted octanol–water partition coefficient (Wildman–Crippen LogP) is 5.25. The van der Waals surface area contributed by atoms with Gasteiger partial charge in [0.1, 0.15) is 0 Å². The van der Waals surface area contributed by atoms with Crippen molar-refractivity contribution in [2.75, 3.05) is 13.2 Å². The fourth-order valence-electron chi connectivity index (χ4n) is 4.32. The van der Waals surface area contributed by atoms with Crippen LogP contribution in [0.2, 0.25) is 5.04 Å². The van der Waals surface area contributed by atoms with Crippen molar-refractivity contribution in [3.63, 3.8) is 0 Å². The molecule has 0 heterocycles. The van der Waals surface area contributed by atoms with Gasteiger partial charge < -0.3 is 9.53 Å². The standard InChI is InChI=1S/C28H40O2Si/c1-23(14-13-15-24(2)21-29)20-25(3)22-30-31(28(4,5)6,26-16-9-7-10-17-26)27-18-11-8-12-19-27/h7-12,16-19,23-25,29H,14,20-22H2,1-6H3/t23-,24-,25-/m0/s1. The first-order valence-electron chi connectivity index (χ1n) is 11.5. The van der Waals surface area contributed by atoms with E-state index in [1.807, 2.05) is 6.92 Å². The molecule has 0 saturated carbocycles. The van der Waals surface area contributed by atoms with Gasteiger partial charge >= 0.3 is 0 Å². The fraction of sp³-hybridized carbons (Fsp3) is 0.500. The van der Waals surface area contributed by atoms with Gasteiger partial charge in [-0.3, -0.25) is 0 Å². The third kappa shape index (κ3) is 6.81.